The van der Waals surface area contributed by atoms with Crippen molar-refractivity contribution in [3.05, 3.63) is 84.4 Å². The third-order valence-corrected chi connectivity index (χ3v) is 7.54. The molecule has 4 nitrogen and oxygen atoms in total. The first-order valence-electron chi connectivity index (χ1n) is 11.3. The van der Waals surface area contributed by atoms with Gasteiger partial charge in [-0.1, -0.05) is 56.3 Å². The van der Waals surface area contributed by atoms with Gasteiger partial charge < -0.3 is 9.47 Å². The number of carbonyl (C=O) groups is 2. The fourth-order valence-electron chi connectivity index (χ4n) is 4.85. The van der Waals surface area contributed by atoms with E-state index >= 15 is 0 Å². The highest BCUT2D eigenvalue weighted by Crippen LogP contribution is 2.57. The van der Waals surface area contributed by atoms with Crippen LogP contribution < -0.4 is 9.47 Å². The summed E-state index contributed by atoms with van der Waals surface area (Å²) in [5.41, 5.74) is 1.50. The zero-order valence-electron chi connectivity index (χ0n) is 19.6. The van der Waals surface area contributed by atoms with Crippen LogP contribution in [0, 0.1) is 16.7 Å². The summed E-state index contributed by atoms with van der Waals surface area (Å²) in [7, 11) is 1.60. The zero-order valence-corrected chi connectivity index (χ0v) is 19.6. The quantitative estimate of drug-likeness (QED) is 0.245. The second kappa shape index (κ2) is 8.86. The van der Waals surface area contributed by atoms with Gasteiger partial charge in [-0.3, -0.25) is 9.59 Å². The molecule has 0 aliphatic heterocycles. The van der Waals surface area contributed by atoms with E-state index in [1.165, 1.54) is 0 Å². The molecule has 0 heterocycles. The summed E-state index contributed by atoms with van der Waals surface area (Å²) in [6, 6.07) is 24.8. The Hall–Kier alpha value is -3.40. The Balaban J connectivity index is 1.49. The maximum absolute atomic E-state index is 13.3. The molecule has 1 aliphatic rings. The average Bonchev–Trinajstić information content (AvgIpc) is 3.09. The Bertz CT molecular complexity index is 1130. The molecule has 170 valence electrons. The van der Waals surface area contributed by atoms with Crippen LogP contribution in [0.15, 0.2) is 78.9 Å². The molecule has 4 rings (SSSR count). The molecule has 0 saturated heterocycles. The molecule has 1 saturated carbocycles. The molecular formula is C29H30O4. The summed E-state index contributed by atoms with van der Waals surface area (Å²) in [4.78, 5) is 26.7. The van der Waals surface area contributed by atoms with Crippen molar-refractivity contribution in [3.8, 4) is 22.6 Å². The van der Waals surface area contributed by atoms with Crippen LogP contribution in [0.5, 0.6) is 11.5 Å². The summed E-state index contributed by atoms with van der Waals surface area (Å²) >= 11 is 0. The second-order valence-electron chi connectivity index (χ2n) is 9.52. The molecule has 3 aromatic carbocycles. The lowest BCUT2D eigenvalue weighted by Crippen LogP contribution is -2.44. The number of carbonyl (C=O) groups excluding carboxylic acids is 2. The highest BCUT2D eigenvalue weighted by molar-refractivity contribution is 5.99. The minimum absolute atomic E-state index is 0.0615. The molecule has 1 fully saturated rings. The fourth-order valence-corrected chi connectivity index (χ4v) is 4.85. The minimum Gasteiger partial charge on any atom is -0.497 e. The number of ether oxygens (including phenoxy) is 2. The number of Topliss-reactive ketones (excluding diaryl/α,β-unsaturated/α-hetero) is 1. The third kappa shape index (κ3) is 4.18. The summed E-state index contributed by atoms with van der Waals surface area (Å²) in [6.45, 7) is 5.94. The van der Waals surface area contributed by atoms with Gasteiger partial charge in [0.25, 0.3) is 0 Å². The summed E-state index contributed by atoms with van der Waals surface area (Å²) in [6.07, 6.45) is 1.25. The van der Waals surface area contributed by atoms with Crippen LogP contribution in [0.1, 0.15) is 44.0 Å². The largest absolute Gasteiger partial charge is 0.497 e. The number of ketones is 1. The molecule has 0 unspecified atom stereocenters. The second-order valence-corrected chi connectivity index (χ2v) is 9.52. The van der Waals surface area contributed by atoms with Gasteiger partial charge in [0.1, 0.15) is 11.5 Å². The highest BCUT2D eigenvalue weighted by Gasteiger charge is 2.59. The van der Waals surface area contributed by atoms with E-state index in [1.807, 2.05) is 75.4 Å². The lowest BCUT2D eigenvalue weighted by atomic mass is 9.64. The first kappa shape index (κ1) is 22.8. The normalized spacial score (nSPS) is 21.4. The van der Waals surface area contributed by atoms with E-state index in [0.29, 0.717) is 29.9 Å². The molecule has 1 aliphatic carbocycles. The van der Waals surface area contributed by atoms with E-state index in [4.69, 9.17) is 9.47 Å². The fraction of sp³-hybridized carbons (Fsp3) is 0.310. The highest BCUT2D eigenvalue weighted by atomic mass is 16.5. The third-order valence-electron chi connectivity index (χ3n) is 7.54. The maximum Gasteiger partial charge on any atom is 0.317 e. The van der Waals surface area contributed by atoms with Gasteiger partial charge in [0.15, 0.2) is 5.78 Å². The van der Waals surface area contributed by atoms with E-state index in [-0.39, 0.29) is 17.7 Å². The Morgan fingerprint density at radius 3 is 1.97 bits per heavy atom. The zero-order chi connectivity index (χ0) is 23.6. The molecule has 0 N–H and O–H groups in total. The van der Waals surface area contributed by atoms with Crippen molar-refractivity contribution in [1.29, 1.82) is 0 Å². The molecule has 33 heavy (non-hydrogen) atoms. The van der Waals surface area contributed by atoms with Gasteiger partial charge in [0.05, 0.1) is 12.5 Å². The van der Waals surface area contributed by atoms with Gasteiger partial charge in [-0.25, -0.2) is 0 Å². The lowest BCUT2D eigenvalue weighted by Gasteiger charge is -2.39. The van der Waals surface area contributed by atoms with Gasteiger partial charge >= 0.3 is 5.97 Å². The van der Waals surface area contributed by atoms with Crippen LogP contribution >= 0.6 is 0 Å². The monoisotopic (exact) mass is 442 g/mol. The van der Waals surface area contributed by atoms with Gasteiger partial charge in [0.2, 0.25) is 0 Å². The number of esters is 1. The predicted molar refractivity (Wildman–Crippen MR) is 129 cm³/mol. The van der Waals surface area contributed by atoms with Gasteiger partial charge in [-0.2, -0.15) is 0 Å². The van der Waals surface area contributed by atoms with Gasteiger partial charge in [0, 0.05) is 11.5 Å². The maximum atomic E-state index is 13.3. The molecule has 4 heteroatoms. The molecule has 3 aromatic rings. The van der Waals surface area contributed by atoms with Crippen molar-refractivity contribution in [2.24, 2.45) is 16.7 Å². The molecule has 0 aromatic heterocycles. The Morgan fingerprint density at radius 1 is 0.788 bits per heavy atom. The van der Waals surface area contributed by atoms with Crippen LogP contribution in [0.2, 0.25) is 0 Å². The minimum atomic E-state index is -0.766. The molecule has 0 radical (unpaired) electrons. The molecule has 2 atom stereocenters. The van der Waals surface area contributed by atoms with E-state index < -0.39 is 10.8 Å². The standard InChI is InChI=1S/C29H30O4/c1-28(2)25(26(30)22-12-14-23(32-4)15-13-22)18-19-29(28,3)27(31)33-24-16-10-21(11-17-24)20-8-6-5-7-9-20/h5-17,25H,18-19H2,1-4H3/t25-,29+/m0/s1. The van der Waals surface area contributed by atoms with Crippen molar-refractivity contribution >= 4 is 11.8 Å². The van der Waals surface area contributed by atoms with Crippen molar-refractivity contribution in [3.63, 3.8) is 0 Å². The molecular weight excluding hydrogens is 412 g/mol. The van der Waals surface area contributed by atoms with Crippen molar-refractivity contribution in [2.45, 2.75) is 33.6 Å². The first-order valence-corrected chi connectivity index (χ1v) is 11.3. The van der Waals surface area contributed by atoms with Crippen LogP contribution in [-0.2, 0) is 4.79 Å². The SMILES string of the molecule is COc1ccc(C(=O)[C@@H]2CC[C@](C)(C(=O)Oc3ccc(-c4ccccc4)cc3)C2(C)C)cc1. The molecule has 0 spiro atoms. The number of hydrogen-bond donors (Lipinski definition) is 0. The number of hydrogen-bond acceptors (Lipinski definition) is 4. The summed E-state index contributed by atoms with van der Waals surface area (Å²) in [5, 5.41) is 0. The Kier molecular flexibility index (Phi) is 6.11. The van der Waals surface area contributed by atoms with Crippen molar-refractivity contribution in [2.75, 3.05) is 7.11 Å². The van der Waals surface area contributed by atoms with E-state index in [2.05, 4.69) is 0 Å². The Labute approximate surface area is 195 Å². The van der Waals surface area contributed by atoms with Crippen LogP contribution in [0.4, 0.5) is 0 Å². The van der Waals surface area contributed by atoms with E-state index in [0.717, 1.165) is 11.1 Å². The van der Waals surface area contributed by atoms with Crippen LogP contribution in [0.3, 0.4) is 0 Å². The predicted octanol–water partition coefficient (Wildman–Crippen LogP) is 6.59. The summed E-state index contributed by atoms with van der Waals surface area (Å²) < 4.78 is 11.0. The Morgan fingerprint density at radius 2 is 1.36 bits per heavy atom. The lowest BCUT2D eigenvalue weighted by molar-refractivity contribution is -0.150. The van der Waals surface area contributed by atoms with E-state index in [9.17, 15) is 9.59 Å². The topological polar surface area (TPSA) is 52.6 Å². The number of rotatable bonds is 6. The summed E-state index contributed by atoms with van der Waals surface area (Å²) in [5.74, 6) is 0.742. The van der Waals surface area contributed by atoms with Crippen molar-refractivity contribution in [1.82, 2.24) is 0 Å². The molecule has 0 amide bonds. The van der Waals surface area contributed by atoms with Gasteiger partial charge in [-0.15, -0.1) is 0 Å². The van der Waals surface area contributed by atoms with Gasteiger partial charge in [-0.05, 0) is 72.7 Å². The van der Waals surface area contributed by atoms with E-state index in [1.54, 1.807) is 31.4 Å². The first-order chi connectivity index (χ1) is 15.8. The molecule has 0 bridgehead atoms. The van der Waals surface area contributed by atoms with Crippen LogP contribution in [-0.4, -0.2) is 18.9 Å². The average molecular weight is 443 g/mol. The number of benzene rings is 3. The van der Waals surface area contributed by atoms with Crippen molar-refractivity contribution < 1.29 is 19.1 Å². The smallest absolute Gasteiger partial charge is 0.317 e. The van der Waals surface area contributed by atoms with Crippen LogP contribution in [0.25, 0.3) is 11.1 Å². The number of methoxy groups -OCH3 is 1.